The van der Waals surface area contributed by atoms with Gasteiger partial charge in [-0.05, 0) is 47.9 Å². The molecule has 0 aromatic heterocycles. The first kappa shape index (κ1) is 11.3. The second kappa shape index (κ2) is 4.76. The van der Waals surface area contributed by atoms with Gasteiger partial charge in [-0.2, -0.15) is 0 Å². The maximum atomic E-state index is 5.86. The number of nitrogens with zero attached hydrogens (tertiary/aromatic N) is 2. The second-order valence-electron chi connectivity index (χ2n) is 4.32. The zero-order valence-electron chi connectivity index (χ0n) is 9.03. The minimum absolute atomic E-state index is 0.452. The number of rotatable bonds is 3. The zero-order valence-corrected chi connectivity index (χ0v) is 10.6. The van der Waals surface area contributed by atoms with Gasteiger partial charge in [0.15, 0.2) is 4.51 Å². The number of aliphatic imine (C=N–C) groups is 1. The first-order chi connectivity index (χ1) is 7.18. The van der Waals surface area contributed by atoms with Crippen LogP contribution < -0.4 is 0 Å². The van der Waals surface area contributed by atoms with Gasteiger partial charge in [0, 0.05) is 12.8 Å². The Hall–Kier alpha value is -0.190. The number of dihydropyridines is 1. The van der Waals surface area contributed by atoms with Crippen molar-refractivity contribution in [1.29, 1.82) is 0 Å². The highest BCUT2D eigenvalue weighted by Gasteiger charge is 2.27. The highest BCUT2D eigenvalue weighted by atomic mass is 79.9. The van der Waals surface area contributed by atoms with Crippen LogP contribution in [0, 0.1) is 5.92 Å². The molecule has 0 spiro atoms. The van der Waals surface area contributed by atoms with E-state index in [1.54, 1.807) is 0 Å². The molecule has 0 bridgehead atoms. The lowest BCUT2D eigenvalue weighted by Crippen LogP contribution is -2.29. The monoisotopic (exact) mass is 272 g/mol. The fraction of sp³-hybridized carbons (Fsp3) is 0.727. The first-order valence-electron chi connectivity index (χ1n) is 5.38. The van der Waals surface area contributed by atoms with E-state index >= 15 is 0 Å². The van der Waals surface area contributed by atoms with Gasteiger partial charge in [-0.25, -0.2) is 0 Å². The Morgan fingerprint density at radius 1 is 1.67 bits per heavy atom. The molecule has 1 unspecified atom stereocenters. The molecule has 0 radical (unpaired) electrons. The van der Waals surface area contributed by atoms with Crippen LogP contribution in [-0.2, 0) is 4.74 Å². The number of hydrogen-bond donors (Lipinski definition) is 0. The van der Waals surface area contributed by atoms with Crippen LogP contribution in [0.4, 0.5) is 0 Å². The molecule has 84 valence electrons. The third-order valence-corrected chi connectivity index (χ3v) is 3.55. The molecule has 0 aliphatic carbocycles. The average Bonchev–Trinajstić information content (AvgIpc) is 2.63. The molecule has 0 amide bonds. The molecule has 2 rings (SSSR count). The summed E-state index contributed by atoms with van der Waals surface area (Å²) in [5.41, 5.74) is 0. The van der Waals surface area contributed by atoms with E-state index in [0.717, 1.165) is 19.7 Å². The highest BCUT2D eigenvalue weighted by Crippen LogP contribution is 2.24. The van der Waals surface area contributed by atoms with E-state index in [1.807, 2.05) is 18.4 Å². The van der Waals surface area contributed by atoms with Crippen molar-refractivity contribution in [3.05, 3.63) is 12.2 Å². The van der Waals surface area contributed by atoms with Crippen molar-refractivity contribution in [3.63, 3.8) is 0 Å². The summed E-state index contributed by atoms with van der Waals surface area (Å²) in [5, 5.41) is 0. The van der Waals surface area contributed by atoms with Crippen LogP contribution in [0.5, 0.6) is 0 Å². The van der Waals surface area contributed by atoms with Crippen LogP contribution in [0.2, 0.25) is 0 Å². The molecule has 0 aromatic rings. The smallest absolute Gasteiger partial charge is 0.176 e. The summed E-state index contributed by atoms with van der Waals surface area (Å²) in [6, 6.07) is 0. The first-order valence-corrected chi connectivity index (χ1v) is 6.17. The second-order valence-corrected chi connectivity index (χ2v) is 5.56. The number of ether oxygens (including phenoxy) is 1. The molecule has 4 heteroatoms. The summed E-state index contributed by atoms with van der Waals surface area (Å²) >= 11 is 3.55. The molecule has 2 aliphatic heterocycles. The van der Waals surface area contributed by atoms with Crippen molar-refractivity contribution in [3.8, 4) is 0 Å². The summed E-state index contributed by atoms with van der Waals surface area (Å²) in [5.74, 6) is 0.660. The van der Waals surface area contributed by atoms with Gasteiger partial charge in [0.1, 0.15) is 0 Å². The summed E-state index contributed by atoms with van der Waals surface area (Å²) in [6.07, 6.45) is 7.13. The van der Waals surface area contributed by atoms with Crippen molar-refractivity contribution in [2.24, 2.45) is 10.9 Å². The number of halogens is 1. The Bertz CT molecular complexity index is 266. The minimum Gasteiger partial charge on any atom is -0.354 e. The van der Waals surface area contributed by atoms with Crippen LogP contribution in [-0.4, -0.2) is 48.9 Å². The molecule has 2 aliphatic rings. The largest absolute Gasteiger partial charge is 0.354 e. The molecule has 1 fully saturated rings. The standard InChI is InChI=1S/C11H17BrN2O/c1-14-6-3-10(7-14)8-15-11(12)4-2-5-13-9-11/h2,4,9-10H,3,5-8H2,1H3/t10-,11?/m0/s1. The molecular formula is C11H17BrN2O. The molecular weight excluding hydrogens is 256 g/mol. The van der Waals surface area contributed by atoms with Crippen molar-refractivity contribution in [1.82, 2.24) is 4.90 Å². The molecule has 0 N–H and O–H groups in total. The molecule has 15 heavy (non-hydrogen) atoms. The Labute approximate surface area is 99.3 Å². The van der Waals surface area contributed by atoms with Gasteiger partial charge in [0.25, 0.3) is 0 Å². The fourth-order valence-corrected chi connectivity index (χ4v) is 2.45. The Kier molecular flexibility index (Phi) is 3.59. The fourth-order valence-electron chi connectivity index (χ4n) is 1.99. The maximum absolute atomic E-state index is 5.86. The lowest BCUT2D eigenvalue weighted by atomic mass is 10.1. The van der Waals surface area contributed by atoms with Gasteiger partial charge in [-0.1, -0.05) is 6.08 Å². The van der Waals surface area contributed by atoms with Crippen LogP contribution in [0.3, 0.4) is 0 Å². The Morgan fingerprint density at radius 3 is 3.13 bits per heavy atom. The average molecular weight is 273 g/mol. The molecule has 1 saturated heterocycles. The lowest BCUT2D eigenvalue weighted by molar-refractivity contribution is 0.0815. The predicted octanol–water partition coefficient (Wildman–Crippen LogP) is 1.69. The van der Waals surface area contributed by atoms with Gasteiger partial charge < -0.3 is 9.64 Å². The van der Waals surface area contributed by atoms with Crippen molar-refractivity contribution in [2.75, 3.05) is 33.3 Å². The molecule has 3 nitrogen and oxygen atoms in total. The minimum atomic E-state index is -0.452. The summed E-state index contributed by atoms with van der Waals surface area (Å²) < 4.78 is 5.40. The SMILES string of the molecule is CN1CC[C@H](COC2(Br)C=CCN=C2)C1. The summed E-state index contributed by atoms with van der Waals surface area (Å²) in [7, 11) is 2.16. The third kappa shape index (κ3) is 3.13. The molecule has 2 heterocycles. The molecule has 2 atom stereocenters. The van der Waals surface area contributed by atoms with E-state index in [9.17, 15) is 0 Å². The van der Waals surface area contributed by atoms with E-state index in [2.05, 4.69) is 32.9 Å². The Morgan fingerprint density at radius 2 is 2.53 bits per heavy atom. The quantitative estimate of drug-likeness (QED) is 0.577. The van der Waals surface area contributed by atoms with Crippen LogP contribution >= 0.6 is 15.9 Å². The summed E-state index contributed by atoms with van der Waals surface area (Å²) in [6.45, 7) is 3.89. The van der Waals surface area contributed by atoms with Gasteiger partial charge in [0.2, 0.25) is 0 Å². The van der Waals surface area contributed by atoms with Crippen molar-refractivity contribution >= 4 is 22.1 Å². The molecule has 0 aromatic carbocycles. The van der Waals surface area contributed by atoms with Crippen LogP contribution in [0.1, 0.15) is 6.42 Å². The van der Waals surface area contributed by atoms with Gasteiger partial charge in [-0.3, -0.25) is 4.99 Å². The van der Waals surface area contributed by atoms with E-state index in [0.29, 0.717) is 5.92 Å². The topological polar surface area (TPSA) is 24.8 Å². The van der Waals surface area contributed by atoms with E-state index < -0.39 is 4.51 Å². The normalized spacial score (nSPS) is 36.3. The Balaban J connectivity index is 1.80. The van der Waals surface area contributed by atoms with Gasteiger partial charge in [-0.15, -0.1) is 0 Å². The number of likely N-dealkylation sites (tertiary alicyclic amines) is 1. The van der Waals surface area contributed by atoms with E-state index in [-0.39, 0.29) is 0 Å². The van der Waals surface area contributed by atoms with E-state index in [4.69, 9.17) is 4.74 Å². The van der Waals surface area contributed by atoms with Crippen molar-refractivity contribution < 1.29 is 4.74 Å². The van der Waals surface area contributed by atoms with Gasteiger partial charge >= 0.3 is 0 Å². The predicted molar refractivity (Wildman–Crippen MR) is 65.7 cm³/mol. The number of hydrogen-bond acceptors (Lipinski definition) is 3. The summed E-state index contributed by atoms with van der Waals surface area (Å²) in [4.78, 5) is 6.54. The zero-order chi connectivity index (χ0) is 10.7. The highest BCUT2D eigenvalue weighted by molar-refractivity contribution is 9.10. The van der Waals surface area contributed by atoms with Gasteiger partial charge in [0.05, 0.1) is 13.2 Å². The number of alkyl halides is 1. The van der Waals surface area contributed by atoms with Crippen LogP contribution in [0.15, 0.2) is 17.1 Å². The van der Waals surface area contributed by atoms with Crippen LogP contribution in [0.25, 0.3) is 0 Å². The molecule has 0 saturated carbocycles. The van der Waals surface area contributed by atoms with Crippen molar-refractivity contribution in [2.45, 2.75) is 10.9 Å². The lowest BCUT2D eigenvalue weighted by Gasteiger charge is -2.23. The maximum Gasteiger partial charge on any atom is 0.176 e. The third-order valence-electron chi connectivity index (χ3n) is 2.85. The van der Waals surface area contributed by atoms with E-state index in [1.165, 1.54) is 13.0 Å².